The first-order valence-electron chi connectivity index (χ1n) is 13.7. The third kappa shape index (κ3) is 7.69. The molecule has 8 nitrogen and oxygen atoms in total. The third-order valence-corrected chi connectivity index (χ3v) is 7.84. The van der Waals surface area contributed by atoms with Gasteiger partial charge in [0.25, 0.3) is 0 Å². The molecule has 1 unspecified atom stereocenters. The maximum atomic E-state index is 12.7. The molecular formula is C31H29F3N6O2S. The van der Waals surface area contributed by atoms with Crippen LogP contribution in [0.2, 0.25) is 0 Å². The van der Waals surface area contributed by atoms with Crippen molar-refractivity contribution >= 4 is 34.9 Å². The van der Waals surface area contributed by atoms with E-state index < -0.39 is 12.4 Å². The van der Waals surface area contributed by atoms with Crippen LogP contribution in [0.5, 0.6) is 5.75 Å². The van der Waals surface area contributed by atoms with Crippen molar-refractivity contribution in [1.82, 2.24) is 14.8 Å². The molecule has 222 valence electrons. The maximum absolute atomic E-state index is 12.7. The topological polar surface area (TPSA) is 85.0 Å². The number of amidine groups is 1. The van der Waals surface area contributed by atoms with Crippen molar-refractivity contribution in [2.24, 2.45) is 9.98 Å². The molecule has 5 rings (SSSR count). The van der Waals surface area contributed by atoms with Crippen LogP contribution >= 0.6 is 11.8 Å². The largest absolute Gasteiger partial charge is 0.573 e. The van der Waals surface area contributed by atoms with Crippen LogP contribution in [0.1, 0.15) is 37.3 Å². The molecule has 3 aromatic carbocycles. The molecule has 0 saturated carbocycles. The van der Waals surface area contributed by atoms with E-state index in [1.54, 1.807) is 18.0 Å². The summed E-state index contributed by atoms with van der Waals surface area (Å²) in [6.45, 7) is 4.86. The number of aryl methyl sites for hydroxylation is 1. The molecule has 0 N–H and O–H groups in total. The Bertz CT molecular complexity index is 1620. The Balaban J connectivity index is 1.23. The number of amides is 2. The number of alkyl halides is 3. The van der Waals surface area contributed by atoms with Crippen molar-refractivity contribution in [3.05, 3.63) is 90.3 Å². The molecule has 1 atom stereocenters. The van der Waals surface area contributed by atoms with Crippen LogP contribution in [-0.4, -0.2) is 50.8 Å². The fraction of sp³-hybridized carbons (Fsp3) is 0.258. The Kier molecular flexibility index (Phi) is 9.24. The lowest BCUT2D eigenvalue weighted by Gasteiger charge is -2.30. The molecule has 0 spiro atoms. The van der Waals surface area contributed by atoms with Gasteiger partial charge in [0, 0.05) is 35.7 Å². The second-order valence-corrected chi connectivity index (χ2v) is 10.8. The molecule has 1 fully saturated rings. The predicted molar refractivity (Wildman–Crippen MR) is 163 cm³/mol. The van der Waals surface area contributed by atoms with E-state index in [-0.39, 0.29) is 11.7 Å². The third-order valence-electron chi connectivity index (χ3n) is 6.77. The van der Waals surface area contributed by atoms with Gasteiger partial charge in [0.2, 0.25) is 0 Å². The summed E-state index contributed by atoms with van der Waals surface area (Å²) in [5, 5.41) is 5.10. The minimum absolute atomic E-state index is 0.142. The summed E-state index contributed by atoms with van der Waals surface area (Å²) in [4.78, 5) is 27.6. The van der Waals surface area contributed by atoms with Crippen LogP contribution in [-0.2, 0) is 6.42 Å². The minimum Gasteiger partial charge on any atom is -0.406 e. The summed E-state index contributed by atoms with van der Waals surface area (Å²) in [6, 6.07) is 20.5. The van der Waals surface area contributed by atoms with Crippen molar-refractivity contribution in [3.63, 3.8) is 0 Å². The number of anilines is 1. The van der Waals surface area contributed by atoms with E-state index >= 15 is 0 Å². The molecule has 1 aliphatic heterocycles. The fourth-order valence-electron chi connectivity index (χ4n) is 4.58. The first-order valence-corrected chi connectivity index (χ1v) is 14.7. The van der Waals surface area contributed by atoms with Gasteiger partial charge < -0.3 is 9.64 Å². The van der Waals surface area contributed by atoms with Crippen molar-refractivity contribution in [3.8, 4) is 22.8 Å². The van der Waals surface area contributed by atoms with Gasteiger partial charge in [0.1, 0.15) is 12.1 Å². The van der Waals surface area contributed by atoms with Gasteiger partial charge in [0.15, 0.2) is 11.0 Å². The summed E-state index contributed by atoms with van der Waals surface area (Å²) < 4.78 is 42.6. The highest BCUT2D eigenvalue weighted by atomic mass is 32.2. The standard InChI is InChI=1S/C31H29F3N6O2S/c1-3-22-7-4-5-8-27(22)39-17-6-18-43-30(39)37-29(41)35-19-21(2)23-9-11-24(12-10-23)28-36-20-40(38-28)25-13-15-26(16-14-25)42-31(32,33)34/h4-5,7-16,19-21H,3,6,17-18H2,1-2H3. The number of halogens is 3. The van der Waals surface area contributed by atoms with Gasteiger partial charge in [-0.2, -0.15) is 4.99 Å². The van der Waals surface area contributed by atoms with Crippen LogP contribution in [0.25, 0.3) is 17.1 Å². The number of rotatable bonds is 7. The zero-order chi connectivity index (χ0) is 30.4. The quantitative estimate of drug-likeness (QED) is 0.201. The number of benzene rings is 3. The highest BCUT2D eigenvalue weighted by molar-refractivity contribution is 8.14. The van der Waals surface area contributed by atoms with E-state index in [0.717, 1.165) is 42.0 Å². The minimum atomic E-state index is -4.75. The van der Waals surface area contributed by atoms with E-state index in [1.165, 1.54) is 40.8 Å². The lowest BCUT2D eigenvalue weighted by atomic mass is 10.0. The Morgan fingerprint density at radius 1 is 1.09 bits per heavy atom. The van der Waals surface area contributed by atoms with Crippen molar-refractivity contribution in [2.75, 3.05) is 17.2 Å². The van der Waals surface area contributed by atoms with E-state index in [9.17, 15) is 18.0 Å². The Morgan fingerprint density at radius 3 is 2.56 bits per heavy atom. The average Bonchev–Trinajstić information content (AvgIpc) is 3.50. The van der Waals surface area contributed by atoms with Crippen molar-refractivity contribution in [1.29, 1.82) is 0 Å². The highest BCUT2D eigenvalue weighted by Crippen LogP contribution is 2.29. The van der Waals surface area contributed by atoms with Gasteiger partial charge in [-0.05, 0) is 54.3 Å². The van der Waals surface area contributed by atoms with Crippen LogP contribution in [0.3, 0.4) is 0 Å². The number of urea groups is 1. The van der Waals surface area contributed by atoms with Gasteiger partial charge in [-0.1, -0.05) is 68.1 Å². The molecule has 2 amide bonds. The number of carbonyl (C=O) groups is 1. The molecule has 4 aromatic rings. The highest BCUT2D eigenvalue weighted by Gasteiger charge is 2.31. The number of aliphatic imine (C=N–C) groups is 2. The second kappa shape index (κ2) is 13.2. The van der Waals surface area contributed by atoms with Crippen LogP contribution < -0.4 is 9.64 Å². The number of hydrogen-bond acceptors (Lipinski definition) is 5. The molecule has 0 radical (unpaired) electrons. The number of carbonyl (C=O) groups excluding carboxylic acids is 1. The molecule has 43 heavy (non-hydrogen) atoms. The van der Waals surface area contributed by atoms with Crippen molar-refractivity contribution < 1.29 is 22.7 Å². The lowest BCUT2D eigenvalue weighted by molar-refractivity contribution is -0.274. The fourth-order valence-corrected chi connectivity index (χ4v) is 5.52. The molecule has 12 heteroatoms. The first kappa shape index (κ1) is 30.0. The van der Waals surface area contributed by atoms with E-state index in [1.807, 2.05) is 43.3 Å². The zero-order valence-corrected chi connectivity index (χ0v) is 24.3. The van der Waals surface area contributed by atoms with Gasteiger partial charge in [-0.15, -0.1) is 18.3 Å². The number of nitrogens with zero attached hydrogens (tertiary/aromatic N) is 6. The van der Waals surface area contributed by atoms with Crippen LogP contribution in [0.4, 0.5) is 23.7 Å². The van der Waals surface area contributed by atoms with Crippen LogP contribution in [0, 0.1) is 0 Å². The summed E-state index contributed by atoms with van der Waals surface area (Å²) in [6.07, 6.45) is 0.230. The molecular weight excluding hydrogens is 577 g/mol. The number of aromatic nitrogens is 3. The average molecular weight is 607 g/mol. The Morgan fingerprint density at radius 2 is 1.84 bits per heavy atom. The molecule has 2 heterocycles. The van der Waals surface area contributed by atoms with E-state index in [2.05, 4.69) is 48.8 Å². The smallest absolute Gasteiger partial charge is 0.406 e. The van der Waals surface area contributed by atoms with Gasteiger partial charge in [-0.25, -0.2) is 19.5 Å². The summed E-state index contributed by atoms with van der Waals surface area (Å²) >= 11 is 1.57. The van der Waals surface area contributed by atoms with Crippen molar-refractivity contribution in [2.45, 2.75) is 39.0 Å². The maximum Gasteiger partial charge on any atom is 0.573 e. The van der Waals surface area contributed by atoms with Gasteiger partial charge in [-0.3, -0.25) is 0 Å². The van der Waals surface area contributed by atoms with Gasteiger partial charge in [0.05, 0.1) is 5.69 Å². The first-order chi connectivity index (χ1) is 20.7. The monoisotopic (exact) mass is 606 g/mol. The molecule has 1 aliphatic rings. The SMILES string of the molecule is CCc1ccccc1N1CCCSC1=NC(=O)N=CC(C)c1ccc(-c2ncn(-c3ccc(OC(F)(F)F)cc3)n2)cc1. The normalized spacial score (nSPS) is 15.7. The molecule has 0 bridgehead atoms. The lowest BCUT2D eigenvalue weighted by Crippen LogP contribution is -2.35. The Labute approximate surface area is 251 Å². The second-order valence-electron chi connectivity index (χ2n) is 9.76. The molecule has 0 aliphatic carbocycles. The van der Waals surface area contributed by atoms with E-state index in [0.29, 0.717) is 16.7 Å². The predicted octanol–water partition coefficient (Wildman–Crippen LogP) is 7.69. The number of para-hydroxylation sites is 1. The number of hydrogen-bond donors (Lipinski definition) is 0. The summed E-state index contributed by atoms with van der Waals surface area (Å²) in [5.41, 5.74) is 4.52. The zero-order valence-electron chi connectivity index (χ0n) is 23.5. The van der Waals surface area contributed by atoms with E-state index in [4.69, 9.17) is 0 Å². The summed E-state index contributed by atoms with van der Waals surface area (Å²) in [5.74, 6) is 0.900. The van der Waals surface area contributed by atoms with Crippen LogP contribution in [0.15, 0.2) is 89.1 Å². The summed E-state index contributed by atoms with van der Waals surface area (Å²) in [7, 11) is 0. The van der Waals surface area contributed by atoms with Gasteiger partial charge >= 0.3 is 12.4 Å². The number of thioether (sulfide) groups is 1. The Hall–Kier alpha value is -4.45. The number of ether oxygens (including phenoxy) is 1. The molecule has 1 aromatic heterocycles. The molecule has 1 saturated heterocycles.